The van der Waals surface area contributed by atoms with Crippen LogP contribution in [0.3, 0.4) is 0 Å². The van der Waals surface area contributed by atoms with Gasteiger partial charge in [-0.05, 0) is 73.6 Å². The van der Waals surface area contributed by atoms with Crippen LogP contribution in [0.1, 0.15) is 50.5 Å². The van der Waals surface area contributed by atoms with Gasteiger partial charge in [-0.25, -0.2) is 0 Å². The van der Waals surface area contributed by atoms with Crippen LogP contribution in [0, 0.1) is 5.92 Å². The Morgan fingerprint density at radius 3 is 1.55 bits per heavy atom. The van der Waals surface area contributed by atoms with E-state index in [0.29, 0.717) is 12.8 Å². The predicted octanol–water partition coefficient (Wildman–Crippen LogP) is 6.91. The Bertz CT molecular complexity index is 1130. The van der Waals surface area contributed by atoms with Crippen LogP contribution in [0.15, 0.2) is 121 Å². The first-order valence-corrected chi connectivity index (χ1v) is 15.9. The first kappa shape index (κ1) is 28.0. The topological polar surface area (TPSA) is 37.3 Å². The maximum atomic E-state index is 13.0. The Morgan fingerprint density at radius 2 is 1.11 bits per heavy atom. The molecule has 4 aromatic carbocycles. The number of rotatable bonds is 14. The van der Waals surface area contributed by atoms with Gasteiger partial charge in [0.2, 0.25) is 0 Å². The zero-order chi connectivity index (χ0) is 26.6. The molecule has 1 N–H and O–H groups in total. The largest absolute Gasteiger partial charge is 0.396 e. The van der Waals surface area contributed by atoms with Crippen molar-refractivity contribution in [2.24, 2.45) is 5.92 Å². The molecule has 0 bridgehead atoms. The number of hydrogen-bond donors (Lipinski definition) is 1. The monoisotopic (exact) mass is 523 g/mol. The van der Waals surface area contributed by atoms with Crippen molar-refractivity contribution in [1.29, 1.82) is 0 Å². The van der Waals surface area contributed by atoms with Gasteiger partial charge in [-0.15, -0.1) is 0 Å². The molecule has 196 valence electrons. The van der Waals surface area contributed by atoms with Crippen molar-refractivity contribution in [2.75, 3.05) is 12.8 Å². The third kappa shape index (κ3) is 6.68. The van der Waals surface area contributed by atoms with Gasteiger partial charge in [0.25, 0.3) is 0 Å². The highest BCUT2D eigenvalue weighted by molar-refractivity contribution is 7.95. The lowest BCUT2D eigenvalue weighted by molar-refractivity contribution is -0.123. The molecule has 0 heterocycles. The minimum Gasteiger partial charge on any atom is -0.396 e. The van der Waals surface area contributed by atoms with E-state index in [-0.39, 0.29) is 24.2 Å². The molecule has 0 amide bonds. The number of aliphatic hydroxyl groups excluding tert-OH is 1. The second kappa shape index (κ2) is 14.2. The van der Waals surface area contributed by atoms with Gasteiger partial charge >= 0.3 is 0 Å². The Labute approximate surface area is 229 Å². The Kier molecular flexibility index (Phi) is 10.4. The number of carbonyl (C=O) groups excluding carboxylic acids is 1. The highest BCUT2D eigenvalue weighted by Gasteiger charge is 2.44. The molecule has 0 aliphatic heterocycles. The van der Waals surface area contributed by atoms with Gasteiger partial charge in [-0.1, -0.05) is 91.9 Å². The molecular formula is C35H40O2P+. The van der Waals surface area contributed by atoms with Crippen LogP contribution in [0.25, 0.3) is 0 Å². The van der Waals surface area contributed by atoms with Crippen molar-refractivity contribution < 1.29 is 9.90 Å². The van der Waals surface area contributed by atoms with Gasteiger partial charge in [-0.2, -0.15) is 0 Å². The number of hydrogen-bond acceptors (Lipinski definition) is 2. The Hall–Kier alpha value is -3.06. The van der Waals surface area contributed by atoms with Crippen molar-refractivity contribution >= 4 is 29.0 Å². The van der Waals surface area contributed by atoms with Crippen LogP contribution in [0.4, 0.5) is 0 Å². The second-order valence-electron chi connectivity index (χ2n) is 10.1. The van der Waals surface area contributed by atoms with Crippen LogP contribution in [-0.2, 0) is 4.79 Å². The summed E-state index contributed by atoms with van der Waals surface area (Å²) in [4.78, 5) is 13.0. The molecule has 0 radical (unpaired) electrons. The molecule has 38 heavy (non-hydrogen) atoms. The van der Waals surface area contributed by atoms with E-state index in [0.717, 1.165) is 25.4 Å². The lowest BCUT2D eigenvalue weighted by Gasteiger charge is -2.28. The summed E-state index contributed by atoms with van der Waals surface area (Å²) in [6.07, 6.45) is 5.22. The smallest absolute Gasteiger partial charge is 0.136 e. The summed E-state index contributed by atoms with van der Waals surface area (Å²) in [6.45, 7) is 2.14. The zero-order valence-electron chi connectivity index (χ0n) is 22.5. The van der Waals surface area contributed by atoms with Crippen molar-refractivity contribution in [3.63, 3.8) is 0 Å². The molecule has 4 rings (SSSR count). The lowest BCUT2D eigenvalue weighted by atomic mass is 9.80. The normalized spacial score (nSPS) is 13.1. The Morgan fingerprint density at radius 1 is 0.658 bits per heavy atom. The Balaban J connectivity index is 1.60. The SMILES string of the molecule is CC(C(=O)CCCO)C(CCCC[P+](c1ccccc1)(c1ccccc1)c1ccccc1)c1ccccc1. The van der Waals surface area contributed by atoms with Crippen LogP contribution in [-0.4, -0.2) is 23.7 Å². The predicted molar refractivity (Wildman–Crippen MR) is 164 cm³/mol. The summed E-state index contributed by atoms with van der Waals surface area (Å²) in [5.41, 5.74) is 1.24. The van der Waals surface area contributed by atoms with Crippen LogP contribution in [0.5, 0.6) is 0 Å². The number of aliphatic hydroxyl groups is 1. The summed E-state index contributed by atoms with van der Waals surface area (Å²) in [7, 11) is -1.84. The maximum Gasteiger partial charge on any atom is 0.136 e. The molecule has 2 nitrogen and oxygen atoms in total. The maximum absolute atomic E-state index is 13.0. The number of ketones is 1. The standard InChI is InChI=1S/C35H40O2P/c1-29(35(37)26-16-27-36)34(30-17-6-2-7-18-30)25-14-15-28-38(31-19-8-3-9-20-31,32-21-10-4-11-22-32)33-23-12-5-13-24-33/h2-13,17-24,29,34,36H,14-16,25-28H2,1H3/q+1. The van der Waals surface area contributed by atoms with Crippen LogP contribution in [0.2, 0.25) is 0 Å². The number of unbranched alkanes of at least 4 members (excludes halogenated alkanes) is 1. The van der Waals surface area contributed by atoms with E-state index in [2.05, 4.69) is 122 Å². The second-order valence-corrected chi connectivity index (χ2v) is 13.8. The van der Waals surface area contributed by atoms with E-state index < -0.39 is 7.26 Å². The van der Waals surface area contributed by atoms with Gasteiger partial charge in [0.15, 0.2) is 0 Å². The molecule has 2 unspecified atom stereocenters. The summed E-state index contributed by atoms with van der Waals surface area (Å²) in [5, 5.41) is 13.5. The van der Waals surface area contributed by atoms with E-state index >= 15 is 0 Å². The fourth-order valence-electron chi connectivity index (χ4n) is 5.71. The first-order chi connectivity index (χ1) is 18.7. The third-order valence-corrected chi connectivity index (χ3v) is 12.3. The van der Waals surface area contributed by atoms with E-state index in [1.54, 1.807) is 0 Å². The summed E-state index contributed by atoms with van der Waals surface area (Å²) in [5.74, 6) is 0.397. The number of Topliss-reactive ketones (excluding diaryl/α,β-unsaturated/α-hetero) is 1. The summed E-state index contributed by atoms with van der Waals surface area (Å²) in [6, 6.07) is 43.7. The van der Waals surface area contributed by atoms with Crippen LogP contribution < -0.4 is 15.9 Å². The highest BCUT2D eigenvalue weighted by Crippen LogP contribution is 2.56. The molecule has 4 aromatic rings. The quantitative estimate of drug-likeness (QED) is 0.144. The van der Waals surface area contributed by atoms with Gasteiger partial charge in [0, 0.05) is 18.9 Å². The molecule has 0 saturated carbocycles. The van der Waals surface area contributed by atoms with Crippen molar-refractivity contribution in [3.8, 4) is 0 Å². The summed E-state index contributed by atoms with van der Waals surface area (Å²) < 4.78 is 0. The molecular weight excluding hydrogens is 483 g/mol. The van der Waals surface area contributed by atoms with E-state index in [1.165, 1.54) is 21.5 Å². The highest BCUT2D eigenvalue weighted by atomic mass is 31.2. The summed E-state index contributed by atoms with van der Waals surface area (Å²) >= 11 is 0. The zero-order valence-corrected chi connectivity index (χ0v) is 23.3. The molecule has 0 saturated heterocycles. The van der Waals surface area contributed by atoms with Gasteiger partial charge in [0.1, 0.15) is 29.0 Å². The van der Waals surface area contributed by atoms with Crippen LogP contribution >= 0.6 is 7.26 Å². The molecule has 2 atom stereocenters. The van der Waals surface area contributed by atoms with E-state index in [1.807, 2.05) is 6.07 Å². The third-order valence-electron chi connectivity index (χ3n) is 7.77. The molecule has 3 heteroatoms. The van der Waals surface area contributed by atoms with Gasteiger partial charge < -0.3 is 5.11 Å². The van der Waals surface area contributed by atoms with Crippen molar-refractivity contribution in [3.05, 3.63) is 127 Å². The minimum absolute atomic E-state index is 0.0547. The lowest BCUT2D eigenvalue weighted by Crippen LogP contribution is -2.33. The minimum atomic E-state index is -1.84. The first-order valence-electron chi connectivity index (χ1n) is 13.9. The van der Waals surface area contributed by atoms with E-state index in [9.17, 15) is 9.90 Å². The van der Waals surface area contributed by atoms with Gasteiger partial charge in [0.05, 0.1) is 6.16 Å². The molecule has 0 aromatic heterocycles. The van der Waals surface area contributed by atoms with Crippen molar-refractivity contribution in [2.45, 2.75) is 44.9 Å². The van der Waals surface area contributed by atoms with Gasteiger partial charge in [-0.3, -0.25) is 4.79 Å². The fourth-order valence-corrected chi connectivity index (χ4v) is 10.1. The van der Waals surface area contributed by atoms with E-state index in [4.69, 9.17) is 0 Å². The molecule has 0 fully saturated rings. The average Bonchev–Trinajstić information content (AvgIpc) is 2.99. The molecule has 0 aliphatic rings. The fraction of sp³-hybridized carbons (Fsp3) is 0.286. The number of benzene rings is 4. The van der Waals surface area contributed by atoms with Crippen molar-refractivity contribution in [1.82, 2.24) is 0 Å². The molecule has 0 aliphatic carbocycles. The average molecular weight is 524 g/mol. The molecule has 0 spiro atoms. The number of carbonyl (C=O) groups is 1.